The maximum atomic E-state index is 12.8. The van der Waals surface area contributed by atoms with Gasteiger partial charge >= 0.3 is 0 Å². The molecule has 1 unspecified atom stereocenters. The van der Waals surface area contributed by atoms with E-state index in [4.69, 9.17) is 0 Å². The predicted octanol–water partition coefficient (Wildman–Crippen LogP) is 4.22. The van der Waals surface area contributed by atoms with Crippen LogP contribution in [0.25, 0.3) is 0 Å². The van der Waals surface area contributed by atoms with Crippen molar-refractivity contribution in [1.82, 2.24) is 4.98 Å². The van der Waals surface area contributed by atoms with Gasteiger partial charge in [0.1, 0.15) is 10.7 Å². The molecule has 1 atom stereocenters. The van der Waals surface area contributed by atoms with Gasteiger partial charge in [-0.05, 0) is 43.7 Å². The molecule has 0 spiro atoms. The number of allylic oxidation sites excluding steroid dienone is 1. The van der Waals surface area contributed by atoms with E-state index in [0.717, 1.165) is 48.7 Å². The third-order valence-electron chi connectivity index (χ3n) is 5.08. The van der Waals surface area contributed by atoms with Crippen molar-refractivity contribution in [1.29, 1.82) is 0 Å². The fourth-order valence-corrected chi connectivity index (χ4v) is 5.41. The molecule has 5 nitrogen and oxygen atoms in total. The lowest BCUT2D eigenvalue weighted by Gasteiger charge is -2.32. The molecular formula is C20H23N3O2S2. The second-order valence-electron chi connectivity index (χ2n) is 7.15. The van der Waals surface area contributed by atoms with Crippen molar-refractivity contribution in [3.8, 4) is 0 Å². The van der Waals surface area contributed by atoms with Gasteiger partial charge in [0.2, 0.25) is 0 Å². The van der Waals surface area contributed by atoms with Crippen LogP contribution < -0.4 is 10.2 Å². The number of hydrogen-bond acceptors (Lipinski definition) is 6. The summed E-state index contributed by atoms with van der Waals surface area (Å²) in [6.07, 6.45) is 4.37. The summed E-state index contributed by atoms with van der Waals surface area (Å²) in [4.78, 5) is 19.6. The van der Waals surface area contributed by atoms with Crippen LogP contribution in [0, 0.1) is 0 Å². The fraction of sp³-hybridized carbons (Fsp3) is 0.400. The number of anilines is 2. The zero-order chi connectivity index (χ0) is 18.9. The Balaban J connectivity index is 1.50. The number of thiazole rings is 1. The molecule has 1 amide bonds. The summed E-state index contributed by atoms with van der Waals surface area (Å²) >= 11 is 3.30. The lowest BCUT2D eigenvalue weighted by atomic mass is 10.1. The molecule has 142 valence electrons. The van der Waals surface area contributed by atoms with E-state index in [-0.39, 0.29) is 16.8 Å². The summed E-state index contributed by atoms with van der Waals surface area (Å²) in [6, 6.07) is 7.83. The van der Waals surface area contributed by atoms with Crippen LogP contribution >= 0.6 is 23.1 Å². The number of benzene rings is 1. The third-order valence-corrected chi connectivity index (χ3v) is 7.52. The van der Waals surface area contributed by atoms with E-state index in [2.05, 4.69) is 33.6 Å². The number of para-hydroxylation sites is 2. The van der Waals surface area contributed by atoms with Gasteiger partial charge in [0, 0.05) is 18.5 Å². The Hall–Kier alpha value is -1.83. The van der Waals surface area contributed by atoms with Gasteiger partial charge < -0.3 is 15.3 Å². The molecule has 0 radical (unpaired) electrons. The Kier molecular flexibility index (Phi) is 5.25. The molecule has 2 aliphatic rings. The van der Waals surface area contributed by atoms with Crippen LogP contribution in [0.2, 0.25) is 0 Å². The Morgan fingerprint density at radius 1 is 1.33 bits per heavy atom. The van der Waals surface area contributed by atoms with Crippen molar-refractivity contribution in [3.63, 3.8) is 0 Å². The van der Waals surface area contributed by atoms with E-state index >= 15 is 0 Å². The summed E-state index contributed by atoms with van der Waals surface area (Å²) in [5.74, 6) is -0.179. The summed E-state index contributed by atoms with van der Waals surface area (Å²) in [5.41, 5.74) is 2.25. The van der Waals surface area contributed by atoms with Crippen molar-refractivity contribution in [2.24, 2.45) is 0 Å². The molecule has 0 aliphatic carbocycles. The number of carbonyl (C=O) groups is 1. The van der Waals surface area contributed by atoms with Gasteiger partial charge in [0.25, 0.3) is 5.91 Å². The first-order chi connectivity index (χ1) is 13.0. The second kappa shape index (κ2) is 7.66. The average molecular weight is 402 g/mol. The van der Waals surface area contributed by atoms with Crippen LogP contribution in [0.15, 0.2) is 41.1 Å². The molecule has 2 N–H and O–H groups in total. The van der Waals surface area contributed by atoms with Gasteiger partial charge in [-0.1, -0.05) is 18.2 Å². The van der Waals surface area contributed by atoms with Crippen LogP contribution in [-0.2, 0) is 4.75 Å². The topological polar surface area (TPSA) is 65.5 Å². The van der Waals surface area contributed by atoms with E-state index in [1.54, 1.807) is 23.1 Å². The summed E-state index contributed by atoms with van der Waals surface area (Å²) in [7, 11) is 0. The van der Waals surface area contributed by atoms with Gasteiger partial charge in [0.05, 0.1) is 22.2 Å². The normalized spacial score (nSPS) is 23.0. The molecule has 1 aromatic carbocycles. The second-order valence-corrected chi connectivity index (χ2v) is 9.42. The third kappa shape index (κ3) is 3.90. The van der Waals surface area contributed by atoms with E-state index < -0.39 is 0 Å². The summed E-state index contributed by atoms with van der Waals surface area (Å²) in [6.45, 7) is 3.74. The Morgan fingerprint density at radius 2 is 2.11 bits per heavy atom. The number of aliphatic hydroxyl groups excluding tert-OH is 1. The number of aromatic nitrogens is 1. The van der Waals surface area contributed by atoms with Gasteiger partial charge in [0.15, 0.2) is 0 Å². The largest absolute Gasteiger partial charge is 0.393 e. The van der Waals surface area contributed by atoms with Crippen LogP contribution in [0.4, 0.5) is 11.4 Å². The Morgan fingerprint density at radius 3 is 2.85 bits per heavy atom. The van der Waals surface area contributed by atoms with Crippen molar-refractivity contribution in [2.45, 2.75) is 37.0 Å². The average Bonchev–Trinajstić information content (AvgIpc) is 3.33. The van der Waals surface area contributed by atoms with Crippen molar-refractivity contribution < 1.29 is 9.90 Å². The molecule has 1 aromatic heterocycles. The van der Waals surface area contributed by atoms with Crippen molar-refractivity contribution in [2.75, 3.05) is 23.3 Å². The van der Waals surface area contributed by atoms with Gasteiger partial charge in [-0.3, -0.25) is 4.79 Å². The van der Waals surface area contributed by atoms with Gasteiger partial charge in [-0.25, -0.2) is 4.98 Å². The highest BCUT2D eigenvalue weighted by Gasteiger charge is 2.32. The number of thioether (sulfide) groups is 1. The molecule has 3 heterocycles. The predicted molar refractivity (Wildman–Crippen MR) is 113 cm³/mol. The summed E-state index contributed by atoms with van der Waals surface area (Å²) < 4.78 is -0.0598. The minimum atomic E-state index is -0.222. The molecule has 1 saturated heterocycles. The first-order valence-electron chi connectivity index (χ1n) is 9.17. The first kappa shape index (κ1) is 18.5. The molecule has 0 saturated carbocycles. The van der Waals surface area contributed by atoms with E-state index in [0.29, 0.717) is 5.69 Å². The standard InChI is InChI=1S/C20H23N3O2S2/c1-20(9-4-12-27-20)19-22-16(13-26-19)18(25)21-15-5-2-3-6-17(15)23-10-7-14(24)8-11-23/h2-6,12-14,24H,7-11H2,1H3,(H,21,25). The zero-order valence-corrected chi connectivity index (χ0v) is 16.9. The number of rotatable bonds is 4. The fourth-order valence-electron chi connectivity index (χ4n) is 3.43. The van der Waals surface area contributed by atoms with Crippen LogP contribution in [0.3, 0.4) is 0 Å². The van der Waals surface area contributed by atoms with E-state index in [1.165, 1.54) is 0 Å². The van der Waals surface area contributed by atoms with Crippen LogP contribution in [0.5, 0.6) is 0 Å². The molecule has 0 bridgehead atoms. The maximum Gasteiger partial charge on any atom is 0.275 e. The molecule has 4 rings (SSSR count). The molecular weight excluding hydrogens is 378 g/mol. The highest BCUT2D eigenvalue weighted by atomic mass is 32.2. The van der Waals surface area contributed by atoms with E-state index in [9.17, 15) is 9.90 Å². The van der Waals surface area contributed by atoms with Gasteiger partial charge in [-0.15, -0.1) is 23.1 Å². The highest BCUT2D eigenvalue weighted by molar-refractivity contribution is 8.03. The summed E-state index contributed by atoms with van der Waals surface area (Å²) in [5, 5.41) is 17.7. The first-order valence-corrected chi connectivity index (χ1v) is 10.9. The number of amides is 1. The Labute approximate surface area is 167 Å². The maximum absolute atomic E-state index is 12.8. The highest BCUT2D eigenvalue weighted by Crippen LogP contribution is 2.45. The lowest BCUT2D eigenvalue weighted by molar-refractivity contribution is 0.102. The number of aliphatic hydroxyl groups is 1. The number of carbonyl (C=O) groups excluding carboxylic acids is 1. The number of hydrogen-bond donors (Lipinski definition) is 2. The number of piperidine rings is 1. The SMILES string of the molecule is CC1(c2nc(C(=O)Nc3ccccc3N3CCC(O)CC3)cs2)CC=CS1. The van der Waals surface area contributed by atoms with Crippen molar-refractivity contribution >= 4 is 40.4 Å². The van der Waals surface area contributed by atoms with Gasteiger partial charge in [-0.2, -0.15) is 0 Å². The Bertz CT molecular complexity index is 848. The van der Waals surface area contributed by atoms with Crippen LogP contribution in [-0.4, -0.2) is 35.2 Å². The quantitative estimate of drug-likeness (QED) is 0.803. The minimum Gasteiger partial charge on any atom is -0.393 e. The minimum absolute atomic E-state index is 0.0598. The number of nitrogens with one attached hydrogen (secondary N) is 1. The monoisotopic (exact) mass is 401 g/mol. The lowest BCUT2D eigenvalue weighted by Crippen LogP contribution is -2.36. The number of nitrogens with zero attached hydrogens (tertiary/aromatic N) is 2. The molecule has 7 heteroatoms. The zero-order valence-electron chi connectivity index (χ0n) is 15.2. The molecule has 27 heavy (non-hydrogen) atoms. The smallest absolute Gasteiger partial charge is 0.275 e. The molecule has 2 aliphatic heterocycles. The van der Waals surface area contributed by atoms with Crippen LogP contribution in [0.1, 0.15) is 41.7 Å². The molecule has 1 fully saturated rings. The van der Waals surface area contributed by atoms with E-state index in [1.807, 2.05) is 29.6 Å². The van der Waals surface area contributed by atoms with Crippen molar-refractivity contribution in [3.05, 3.63) is 51.8 Å². The molecule has 2 aromatic rings.